The number of carbonyl (C=O) groups excluding carboxylic acids is 2. The van der Waals surface area contributed by atoms with Gasteiger partial charge in [-0.2, -0.15) is 0 Å². The lowest BCUT2D eigenvalue weighted by Gasteiger charge is -2.06. The van der Waals surface area contributed by atoms with Crippen LogP contribution < -0.4 is 0 Å². The fraction of sp³-hybridized carbons (Fsp3) is 0.692. The second-order valence-electron chi connectivity index (χ2n) is 8.07. The highest BCUT2D eigenvalue weighted by Crippen LogP contribution is 2.11. The minimum Gasteiger partial charge on any atom is -0.466 e. The Morgan fingerprint density at radius 2 is 1.13 bits per heavy atom. The average Bonchev–Trinajstić information content (AvgIpc) is 2.75. The molecule has 1 rings (SSSR count). The first-order chi connectivity index (χ1) is 14.7. The lowest BCUT2D eigenvalue weighted by molar-refractivity contribution is -0.145. The summed E-state index contributed by atoms with van der Waals surface area (Å²) in [5.41, 5.74) is 1.15. The summed E-state index contributed by atoms with van der Waals surface area (Å²) in [4.78, 5) is 23.4. The summed E-state index contributed by atoms with van der Waals surface area (Å²) in [7, 11) is 0. The molecule has 0 aliphatic rings. The van der Waals surface area contributed by atoms with E-state index in [1.165, 1.54) is 57.8 Å². The highest BCUT2D eigenvalue weighted by molar-refractivity contribution is 5.72. The zero-order valence-electron chi connectivity index (χ0n) is 19.0. The molecule has 0 saturated carbocycles. The third-order valence-electron chi connectivity index (χ3n) is 5.27. The molecule has 0 saturated heterocycles. The van der Waals surface area contributed by atoms with Gasteiger partial charge in [-0.15, -0.1) is 0 Å². The van der Waals surface area contributed by atoms with E-state index in [1.807, 2.05) is 30.3 Å². The van der Waals surface area contributed by atoms with Gasteiger partial charge < -0.3 is 9.47 Å². The van der Waals surface area contributed by atoms with E-state index in [-0.39, 0.29) is 24.8 Å². The quantitative estimate of drug-likeness (QED) is 0.183. The number of ether oxygens (including phenoxy) is 2. The number of carbonyl (C=O) groups is 2. The Kier molecular flexibility index (Phi) is 16.7. The van der Waals surface area contributed by atoms with Gasteiger partial charge in [0, 0.05) is 19.3 Å². The minimum absolute atomic E-state index is 0.209. The van der Waals surface area contributed by atoms with E-state index in [4.69, 9.17) is 9.47 Å². The number of unbranched alkanes of at least 4 members (excludes halogenated alkanes) is 10. The van der Waals surface area contributed by atoms with Gasteiger partial charge in [0.2, 0.25) is 0 Å². The molecule has 0 aliphatic heterocycles. The molecule has 0 aromatic heterocycles. The van der Waals surface area contributed by atoms with Crippen LogP contribution in [0.15, 0.2) is 30.3 Å². The minimum atomic E-state index is -0.246. The lowest BCUT2D eigenvalue weighted by atomic mass is 10.1. The van der Waals surface area contributed by atoms with Crippen LogP contribution in [-0.2, 0) is 25.5 Å². The van der Waals surface area contributed by atoms with Crippen LogP contribution in [0.2, 0.25) is 0 Å². The molecular weight excluding hydrogens is 376 g/mol. The Hall–Kier alpha value is -1.84. The van der Waals surface area contributed by atoms with Crippen LogP contribution in [0.3, 0.4) is 0 Å². The predicted molar refractivity (Wildman–Crippen MR) is 122 cm³/mol. The van der Waals surface area contributed by atoms with E-state index in [9.17, 15) is 9.59 Å². The number of benzene rings is 1. The lowest BCUT2D eigenvalue weighted by Crippen LogP contribution is -2.10. The fourth-order valence-electron chi connectivity index (χ4n) is 3.40. The van der Waals surface area contributed by atoms with Crippen molar-refractivity contribution in [3.63, 3.8) is 0 Å². The highest BCUT2D eigenvalue weighted by atomic mass is 16.5. The predicted octanol–water partition coefficient (Wildman–Crippen LogP) is 6.80. The van der Waals surface area contributed by atoms with Crippen LogP contribution in [0.5, 0.6) is 0 Å². The second-order valence-corrected chi connectivity index (χ2v) is 8.07. The maximum absolute atomic E-state index is 11.7. The molecule has 170 valence electrons. The van der Waals surface area contributed by atoms with Crippen LogP contribution in [-0.4, -0.2) is 25.2 Å². The van der Waals surface area contributed by atoms with Gasteiger partial charge in [0.05, 0.1) is 13.2 Å². The molecule has 0 atom stereocenters. The largest absolute Gasteiger partial charge is 0.466 e. The molecule has 0 bridgehead atoms. The molecule has 30 heavy (non-hydrogen) atoms. The van der Waals surface area contributed by atoms with Crippen molar-refractivity contribution in [3.8, 4) is 0 Å². The van der Waals surface area contributed by atoms with Gasteiger partial charge in [-0.25, -0.2) is 0 Å². The van der Waals surface area contributed by atoms with Crippen molar-refractivity contribution in [2.75, 3.05) is 13.2 Å². The van der Waals surface area contributed by atoms with Crippen molar-refractivity contribution >= 4 is 11.9 Å². The molecule has 0 heterocycles. The van der Waals surface area contributed by atoms with Crippen molar-refractivity contribution < 1.29 is 19.1 Å². The van der Waals surface area contributed by atoms with Gasteiger partial charge in [0.25, 0.3) is 0 Å². The Morgan fingerprint density at radius 1 is 0.633 bits per heavy atom. The summed E-state index contributed by atoms with van der Waals surface area (Å²) in [6.45, 7) is 3.13. The number of rotatable bonds is 19. The molecule has 0 N–H and O–H groups in total. The van der Waals surface area contributed by atoms with Crippen molar-refractivity contribution in [1.29, 1.82) is 0 Å². The zero-order chi connectivity index (χ0) is 21.7. The average molecular weight is 419 g/mol. The monoisotopic (exact) mass is 418 g/mol. The summed E-state index contributed by atoms with van der Waals surface area (Å²) in [5.74, 6) is -0.455. The van der Waals surface area contributed by atoms with E-state index in [0.717, 1.165) is 18.4 Å². The van der Waals surface area contributed by atoms with Crippen LogP contribution in [0, 0.1) is 0 Å². The van der Waals surface area contributed by atoms with Crippen molar-refractivity contribution in [1.82, 2.24) is 0 Å². The smallest absolute Gasteiger partial charge is 0.305 e. The maximum Gasteiger partial charge on any atom is 0.305 e. The van der Waals surface area contributed by atoms with E-state index in [1.54, 1.807) is 0 Å². The van der Waals surface area contributed by atoms with Crippen molar-refractivity contribution in [3.05, 3.63) is 35.9 Å². The van der Waals surface area contributed by atoms with Crippen LogP contribution in [0.4, 0.5) is 0 Å². The molecular formula is C26H42O4. The zero-order valence-corrected chi connectivity index (χ0v) is 19.0. The Labute approximate surface area is 183 Å². The molecule has 0 fully saturated rings. The van der Waals surface area contributed by atoms with Crippen molar-refractivity contribution in [2.45, 2.75) is 103 Å². The first-order valence-electron chi connectivity index (χ1n) is 12.1. The van der Waals surface area contributed by atoms with Gasteiger partial charge in [0.1, 0.15) is 0 Å². The van der Waals surface area contributed by atoms with Crippen molar-refractivity contribution in [2.24, 2.45) is 0 Å². The SMILES string of the molecule is CCCCCCCCCCCCCOC(=O)CCCC(=O)OCCc1ccccc1. The third kappa shape index (κ3) is 16.0. The fourth-order valence-corrected chi connectivity index (χ4v) is 3.40. The summed E-state index contributed by atoms with van der Waals surface area (Å²) in [5, 5.41) is 0. The molecule has 4 nitrogen and oxygen atoms in total. The normalized spacial score (nSPS) is 10.7. The van der Waals surface area contributed by atoms with Gasteiger partial charge in [-0.3, -0.25) is 9.59 Å². The van der Waals surface area contributed by atoms with Gasteiger partial charge in [0.15, 0.2) is 0 Å². The van der Waals surface area contributed by atoms with Crippen LogP contribution in [0.25, 0.3) is 0 Å². The summed E-state index contributed by atoms with van der Waals surface area (Å²) in [6, 6.07) is 9.93. The third-order valence-corrected chi connectivity index (χ3v) is 5.27. The molecule has 0 aliphatic carbocycles. The second kappa shape index (κ2) is 19.1. The number of esters is 2. The number of hydrogen-bond acceptors (Lipinski definition) is 4. The molecule has 0 amide bonds. The Morgan fingerprint density at radius 3 is 1.70 bits per heavy atom. The van der Waals surface area contributed by atoms with E-state index in [0.29, 0.717) is 26.1 Å². The Balaban J connectivity index is 1.84. The summed E-state index contributed by atoms with van der Waals surface area (Å²) in [6.07, 6.45) is 15.8. The highest BCUT2D eigenvalue weighted by Gasteiger charge is 2.07. The van der Waals surface area contributed by atoms with Crippen LogP contribution >= 0.6 is 0 Å². The van der Waals surface area contributed by atoms with E-state index in [2.05, 4.69) is 6.92 Å². The molecule has 0 radical (unpaired) electrons. The van der Waals surface area contributed by atoms with E-state index < -0.39 is 0 Å². The first-order valence-corrected chi connectivity index (χ1v) is 12.1. The van der Waals surface area contributed by atoms with Crippen LogP contribution in [0.1, 0.15) is 102 Å². The Bertz CT molecular complexity index is 541. The maximum atomic E-state index is 11.7. The standard InChI is InChI=1S/C26H42O4/c1-2-3-4-5-6-7-8-9-10-11-15-22-29-25(27)19-16-20-26(28)30-23-21-24-17-13-12-14-18-24/h12-14,17-18H,2-11,15-16,19-23H2,1H3. The van der Waals surface area contributed by atoms with E-state index >= 15 is 0 Å². The number of hydrogen-bond donors (Lipinski definition) is 0. The molecule has 1 aromatic carbocycles. The van der Waals surface area contributed by atoms with Gasteiger partial charge in [-0.05, 0) is 18.4 Å². The summed E-state index contributed by atoms with van der Waals surface area (Å²) < 4.78 is 10.5. The molecule has 0 unspecified atom stereocenters. The molecule has 0 spiro atoms. The first kappa shape index (κ1) is 26.2. The topological polar surface area (TPSA) is 52.6 Å². The van der Waals surface area contributed by atoms with Gasteiger partial charge in [-0.1, -0.05) is 101 Å². The molecule has 1 aromatic rings. The van der Waals surface area contributed by atoms with Gasteiger partial charge >= 0.3 is 11.9 Å². The molecule has 4 heteroatoms. The summed E-state index contributed by atoms with van der Waals surface area (Å²) >= 11 is 0.